The van der Waals surface area contributed by atoms with E-state index in [4.69, 9.17) is 16.3 Å². The van der Waals surface area contributed by atoms with Crippen LogP contribution in [0.15, 0.2) is 24.3 Å². The second-order valence-corrected chi connectivity index (χ2v) is 5.75. The predicted octanol–water partition coefficient (Wildman–Crippen LogP) is 4.07. The van der Waals surface area contributed by atoms with E-state index in [0.29, 0.717) is 0 Å². The Morgan fingerprint density at radius 1 is 1.26 bits per heavy atom. The highest BCUT2D eigenvalue weighted by Crippen LogP contribution is 2.23. The first-order chi connectivity index (χ1) is 9.01. The second-order valence-electron chi connectivity index (χ2n) is 5.34. The summed E-state index contributed by atoms with van der Waals surface area (Å²) in [4.78, 5) is 0. The van der Waals surface area contributed by atoms with Crippen molar-refractivity contribution in [3.8, 4) is 0 Å². The van der Waals surface area contributed by atoms with Crippen LogP contribution in [0.1, 0.15) is 39.7 Å². The van der Waals surface area contributed by atoms with Crippen molar-refractivity contribution in [2.45, 2.75) is 52.2 Å². The van der Waals surface area contributed by atoms with Crippen molar-refractivity contribution in [1.82, 2.24) is 5.32 Å². The molecular weight excluding hydrogens is 258 g/mol. The molecule has 0 radical (unpaired) electrons. The standard InChI is InChI=1S/C16H26ClNO/c1-5-11-18-15(16(3,4)19-6-2)12-13-9-7-8-10-14(13)17/h7-10,15,18H,5-6,11-12H2,1-4H3. The van der Waals surface area contributed by atoms with Gasteiger partial charge in [-0.3, -0.25) is 0 Å². The van der Waals surface area contributed by atoms with Gasteiger partial charge in [-0.15, -0.1) is 0 Å². The van der Waals surface area contributed by atoms with Gasteiger partial charge in [-0.2, -0.15) is 0 Å². The summed E-state index contributed by atoms with van der Waals surface area (Å²) in [5, 5.41) is 4.42. The van der Waals surface area contributed by atoms with Crippen molar-refractivity contribution < 1.29 is 4.74 Å². The van der Waals surface area contributed by atoms with Crippen LogP contribution in [0, 0.1) is 0 Å². The zero-order valence-corrected chi connectivity index (χ0v) is 13.3. The van der Waals surface area contributed by atoms with E-state index in [-0.39, 0.29) is 11.6 Å². The zero-order chi connectivity index (χ0) is 14.3. The van der Waals surface area contributed by atoms with Gasteiger partial charge >= 0.3 is 0 Å². The SMILES string of the molecule is CCCNC(Cc1ccccc1Cl)C(C)(C)OCC. The van der Waals surface area contributed by atoms with Gasteiger partial charge in [0.25, 0.3) is 0 Å². The molecule has 19 heavy (non-hydrogen) atoms. The average molecular weight is 284 g/mol. The number of rotatable bonds is 8. The molecule has 0 aliphatic carbocycles. The molecule has 108 valence electrons. The highest BCUT2D eigenvalue weighted by molar-refractivity contribution is 6.31. The predicted molar refractivity (Wildman–Crippen MR) is 82.9 cm³/mol. The van der Waals surface area contributed by atoms with E-state index < -0.39 is 0 Å². The molecule has 1 aromatic carbocycles. The van der Waals surface area contributed by atoms with Gasteiger partial charge in [-0.1, -0.05) is 36.7 Å². The molecule has 1 unspecified atom stereocenters. The summed E-state index contributed by atoms with van der Waals surface area (Å²) in [5.41, 5.74) is 0.967. The van der Waals surface area contributed by atoms with Gasteiger partial charge in [-0.05, 0) is 51.8 Å². The van der Waals surface area contributed by atoms with Gasteiger partial charge in [0.15, 0.2) is 0 Å². The highest BCUT2D eigenvalue weighted by atomic mass is 35.5. The van der Waals surface area contributed by atoms with Crippen molar-refractivity contribution in [2.24, 2.45) is 0 Å². The van der Waals surface area contributed by atoms with Crippen LogP contribution in [0.4, 0.5) is 0 Å². The second kappa shape index (κ2) is 7.88. The third kappa shape index (κ3) is 5.13. The Labute approximate surface area is 122 Å². The van der Waals surface area contributed by atoms with E-state index in [9.17, 15) is 0 Å². The van der Waals surface area contributed by atoms with E-state index in [1.165, 1.54) is 5.56 Å². The fraction of sp³-hybridized carbons (Fsp3) is 0.625. The number of ether oxygens (including phenoxy) is 1. The van der Waals surface area contributed by atoms with Gasteiger partial charge in [0.2, 0.25) is 0 Å². The van der Waals surface area contributed by atoms with Crippen molar-refractivity contribution in [2.75, 3.05) is 13.2 Å². The maximum Gasteiger partial charge on any atom is 0.0781 e. The van der Waals surface area contributed by atoms with Crippen LogP contribution in [-0.4, -0.2) is 24.8 Å². The Bertz CT molecular complexity index is 379. The van der Waals surface area contributed by atoms with Gasteiger partial charge in [-0.25, -0.2) is 0 Å². The summed E-state index contributed by atoms with van der Waals surface area (Å²) in [6.07, 6.45) is 1.99. The molecule has 0 aliphatic heterocycles. The minimum Gasteiger partial charge on any atom is -0.374 e. The third-order valence-corrected chi connectivity index (χ3v) is 3.75. The zero-order valence-electron chi connectivity index (χ0n) is 12.5. The van der Waals surface area contributed by atoms with Gasteiger partial charge in [0, 0.05) is 17.7 Å². The first-order valence-corrected chi connectivity index (χ1v) is 7.49. The number of hydrogen-bond acceptors (Lipinski definition) is 2. The minimum atomic E-state index is -0.205. The molecule has 0 aromatic heterocycles. The van der Waals surface area contributed by atoms with Crippen LogP contribution in [-0.2, 0) is 11.2 Å². The lowest BCUT2D eigenvalue weighted by Gasteiger charge is -2.35. The number of benzene rings is 1. The highest BCUT2D eigenvalue weighted by Gasteiger charge is 2.30. The molecule has 3 heteroatoms. The van der Waals surface area contributed by atoms with Gasteiger partial charge in [0.1, 0.15) is 0 Å². The van der Waals surface area contributed by atoms with E-state index in [2.05, 4.69) is 32.2 Å². The van der Waals surface area contributed by atoms with Crippen LogP contribution in [0.25, 0.3) is 0 Å². The summed E-state index contributed by atoms with van der Waals surface area (Å²) < 4.78 is 5.90. The van der Waals surface area contributed by atoms with E-state index in [0.717, 1.165) is 31.0 Å². The van der Waals surface area contributed by atoms with Gasteiger partial charge in [0.05, 0.1) is 5.60 Å². The lowest BCUT2D eigenvalue weighted by atomic mass is 9.92. The molecule has 0 bridgehead atoms. The Hall–Kier alpha value is -0.570. The Balaban J connectivity index is 2.82. The molecule has 0 amide bonds. The molecule has 0 heterocycles. The van der Waals surface area contributed by atoms with E-state index in [1.807, 2.05) is 25.1 Å². The van der Waals surface area contributed by atoms with Crippen molar-refractivity contribution in [3.05, 3.63) is 34.9 Å². The summed E-state index contributed by atoms with van der Waals surface area (Å²) in [6, 6.07) is 8.29. The smallest absolute Gasteiger partial charge is 0.0781 e. The van der Waals surface area contributed by atoms with Crippen LogP contribution < -0.4 is 5.32 Å². The summed E-state index contributed by atoms with van der Waals surface area (Å²) in [5.74, 6) is 0. The Morgan fingerprint density at radius 3 is 2.53 bits per heavy atom. The maximum absolute atomic E-state index is 6.26. The lowest BCUT2D eigenvalue weighted by Crippen LogP contribution is -2.50. The molecule has 0 saturated carbocycles. The molecule has 1 N–H and O–H groups in total. The quantitative estimate of drug-likeness (QED) is 0.777. The molecule has 2 nitrogen and oxygen atoms in total. The fourth-order valence-electron chi connectivity index (χ4n) is 2.24. The molecule has 1 rings (SSSR count). The topological polar surface area (TPSA) is 21.3 Å². The van der Waals surface area contributed by atoms with Gasteiger partial charge < -0.3 is 10.1 Å². The van der Waals surface area contributed by atoms with Crippen LogP contribution in [0.5, 0.6) is 0 Å². The number of halogens is 1. The monoisotopic (exact) mass is 283 g/mol. The Kier molecular flexibility index (Phi) is 6.84. The van der Waals surface area contributed by atoms with Crippen LogP contribution in [0.2, 0.25) is 5.02 Å². The number of hydrogen-bond donors (Lipinski definition) is 1. The minimum absolute atomic E-state index is 0.205. The molecule has 1 atom stereocenters. The molecular formula is C16H26ClNO. The van der Waals surface area contributed by atoms with Crippen molar-refractivity contribution in [3.63, 3.8) is 0 Å². The third-order valence-electron chi connectivity index (χ3n) is 3.38. The summed E-state index contributed by atoms with van der Waals surface area (Å²) in [7, 11) is 0. The molecule has 0 aliphatic rings. The molecule has 0 saturated heterocycles. The summed E-state index contributed by atoms with van der Waals surface area (Å²) in [6.45, 7) is 10.2. The molecule has 0 fully saturated rings. The lowest BCUT2D eigenvalue weighted by molar-refractivity contribution is -0.0379. The van der Waals surface area contributed by atoms with Crippen molar-refractivity contribution in [1.29, 1.82) is 0 Å². The summed E-state index contributed by atoms with van der Waals surface area (Å²) >= 11 is 6.26. The van der Waals surface area contributed by atoms with E-state index in [1.54, 1.807) is 0 Å². The first kappa shape index (κ1) is 16.5. The van der Waals surface area contributed by atoms with Crippen LogP contribution in [0.3, 0.4) is 0 Å². The number of nitrogens with one attached hydrogen (secondary N) is 1. The van der Waals surface area contributed by atoms with Crippen molar-refractivity contribution >= 4 is 11.6 Å². The molecule has 0 spiro atoms. The largest absolute Gasteiger partial charge is 0.374 e. The fourth-order valence-corrected chi connectivity index (χ4v) is 2.45. The normalized spacial score (nSPS) is 13.5. The van der Waals surface area contributed by atoms with Crippen LogP contribution >= 0.6 is 11.6 Å². The average Bonchev–Trinajstić information content (AvgIpc) is 2.36. The Morgan fingerprint density at radius 2 is 1.95 bits per heavy atom. The molecule has 1 aromatic rings. The first-order valence-electron chi connectivity index (χ1n) is 7.12. The van der Waals surface area contributed by atoms with E-state index >= 15 is 0 Å². The maximum atomic E-state index is 6.26.